The van der Waals surface area contributed by atoms with Gasteiger partial charge in [-0.2, -0.15) is 0 Å². The Morgan fingerprint density at radius 2 is 2.19 bits per heavy atom. The number of esters is 1. The van der Waals surface area contributed by atoms with Gasteiger partial charge in [0.05, 0.1) is 12.0 Å². The molecule has 0 aromatic heterocycles. The molecule has 1 aliphatic carbocycles. The van der Waals surface area contributed by atoms with Crippen LogP contribution >= 0.6 is 0 Å². The molecule has 3 nitrogen and oxygen atoms in total. The largest absolute Gasteiger partial charge is 0.449 e. The fraction of sp³-hybridized carbons (Fsp3) is 0.389. The number of fused-ring (bicyclic) bond motifs is 1. The third kappa shape index (κ3) is 2.72. The fourth-order valence-corrected chi connectivity index (χ4v) is 3.01. The van der Waals surface area contributed by atoms with Crippen molar-refractivity contribution in [2.45, 2.75) is 31.3 Å². The number of hydrogen-bond donors (Lipinski definition) is 0. The summed E-state index contributed by atoms with van der Waals surface area (Å²) in [5.41, 5.74) is 2.93. The summed E-state index contributed by atoms with van der Waals surface area (Å²) in [6.45, 7) is 6.52. The second-order valence-corrected chi connectivity index (χ2v) is 5.46. The Kier molecular flexibility index (Phi) is 4.50. The highest BCUT2D eigenvalue weighted by Gasteiger charge is 2.44. The predicted molar refractivity (Wildman–Crippen MR) is 81.8 cm³/mol. The van der Waals surface area contributed by atoms with Crippen LogP contribution < -0.4 is 0 Å². The summed E-state index contributed by atoms with van der Waals surface area (Å²) in [5.74, 6) is 1.33. The van der Waals surface area contributed by atoms with Gasteiger partial charge in [0, 0.05) is 13.0 Å². The Hall–Kier alpha value is -2.05. The lowest BCUT2D eigenvalue weighted by molar-refractivity contribution is -0.148. The van der Waals surface area contributed by atoms with Crippen molar-refractivity contribution in [2.24, 2.45) is 0 Å². The summed E-state index contributed by atoms with van der Waals surface area (Å²) in [6.07, 6.45) is 6.46. The lowest BCUT2D eigenvalue weighted by Gasteiger charge is -2.42. The molecule has 0 saturated heterocycles. The first-order valence-electron chi connectivity index (χ1n) is 6.96. The van der Waals surface area contributed by atoms with Gasteiger partial charge in [-0.25, -0.2) is 4.79 Å². The van der Waals surface area contributed by atoms with Crippen LogP contribution in [0.15, 0.2) is 36.4 Å². The predicted octanol–water partition coefficient (Wildman–Crippen LogP) is 2.64. The van der Waals surface area contributed by atoms with Crippen molar-refractivity contribution in [2.75, 3.05) is 13.7 Å². The van der Waals surface area contributed by atoms with E-state index in [4.69, 9.17) is 15.9 Å². The molecule has 0 aliphatic heterocycles. The van der Waals surface area contributed by atoms with Gasteiger partial charge in [-0.3, -0.25) is 0 Å². The van der Waals surface area contributed by atoms with Gasteiger partial charge in [0.15, 0.2) is 0 Å². The fourth-order valence-electron chi connectivity index (χ4n) is 3.01. The minimum absolute atomic E-state index is 0.275. The molecule has 0 spiro atoms. The molecule has 0 amide bonds. The molecule has 0 heterocycles. The molecule has 0 radical (unpaired) electrons. The number of hydrogen-bond acceptors (Lipinski definition) is 3. The molecule has 110 valence electrons. The van der Waals surface area contributed by atoms with Crippen molar-refractivity contribution in [3.8, 4) is 12.3 Å². The van der Waals surface area contributed by atoms with Crippen LogP contribution in [0.25, 0.3) is 0 Å². The summed E-state index contributed by atoms with van der Waals surface area (Å²) in [5, 5.41) is 0. The molecule has 0 saturated carbocycles. The van der Waals surface area contributed by atoms with Crippen LogP contribution in [-0.4, -0.2) is 25.8 Å². The molecule has 0 N–H and O–H groups in total. The quantitative estimate of drug-likeness (QED) is 0.369. The number of carbonyl (C=O) groups is 1. The zero-order chi connectivity index (χ0) is 15.5. The number of aryl methyl sites for hydroxylation is 1. The van der Waals surface area contributed by atoms with Crippen molar-refractivity contribution in [3.05, 3.63) is 47.5 Å². The van der Waals surface area contributed by atoms with E-state index >= 15 is 0 Å². The van der Waals surface area contributed by atoms with Gasteiger partial charge >= 0.3 is 5.97 Å². The molecule has 0 fully saturated rings. The first kappa shape index (κ1) is 15.3. The SMILES string of the molecule is C#CC(=O)O[C@H](COC)[C@@]1(C)C(=C)CCc2ccccc21. The highest BCUT2D eigenvalue weighted by molar-refractivity contribution is 5.87. The van der Waals surface area contributed by atoms with Crippen LogP contribution in [0, 0.1) is 12.3 Å². The van der Waals surface area contributed by atoms with Crippen LogP contribution in [0.3, 0.4) is 0 Å². The van der Waals surface area contributed by atoms with Crippen molar-refractivity contribution in [1.82, 2.24) is 0 Å². The number of ether oxygens (including phenoxy) is 2. The molecule has 3 heteroatoms. The normalized spacial score (nSPS) is 22.0. The average Bonchev–Trinajstić information content (AvgIpc) is 2.50. The number of benzene rings is 1. The Morgan fingerprint density at radius 1 is 1.48 bits per heavy atom. The van der Waals surface area contributed by atoms with Gasteiger partial charge in [0.2, 0.25) is 0 Å². The topological polar surface area (TPSA) is 35.5 Å². The van der Waals surface area contributed by atoms with E-state index in [1.54, 1.807) is 7.11 Å². The highest BCUT2D eigenvalue weighted by atomic mass is 16.6. The second kappa shape index (κ2) is 6.15. The molecule has 1 aliphatic rings. The number of terminal acetylenes is 1. The summed E-state index contributed by atoms with van der Waals surface area (Å²) in [4.78, 5) is 11.6. The first-order chi connectivity index (χ1) is 10.0. The lowest BCUT2D eigenvalue weighted by atomic mass is 9.65. The molecular formula is C18H20O3. The van der Waals surface area contributed by atoms with Crippen LogP contribution in [0.2, 0.25) is 0 Å². The molecule has 1 aromatic rings. The highest BCUT2D eigenvalue weighted by Crippen LogP contribution is 2.43. The maximum atomic E-state index is 11.6. The van der Waals surface area contributed by atoms with E-state index < -0.39 is 17.5 Å². The van der Waals surface area contributed by atoms with E-state index in [0.29, 0.717) is 0 Å². The maximum Gasteiger partial charge on any atom is 0.384 e. The van der Waals surface area contributed by atoms with Crippen molar-refractivity contribution in [3.63, 3.8) is 0 Å². The Balaban J connectivity index is 2.48. The lowest BCUT2D eigenvalue weighted by Crippen LogP contribution is -2.46. The van der Waals surface area contributed by atoms with E-state index in [1.165, 1.54) is 5.56 Å². The Morgan fingerprint density at radius 3 is 2.86 bits per heavy atom. The van der Waals surface area contributed by atoms with Crippen LogP contribution in [-0.2, 0) is 26.1 Å². The molecule has 21 heavy (non-hydrogen) atoms. The minimum atomic E-state index is -0.672. The maximum absolute atomic E-state index is 11.6. The van der Waals surface area contributed by atoms with Gasteiger partial charge in [-0.05, 0) is 30.9 Å². The van der Waals surface area contributed by atoms with Crippen LogP contribution in [0.5, 0.6) is 0 Å². The van der Waals surface area contributed by atoms with Gasteiger partial charge in [0.1, 0.15) is 6.10 Å². The number of rotatable bonds is 4. The summed E-state index contributed by atoms with van der Waals surface area (Å²) >= 11 is 0. The summed E-state index contributed by atoms with van der Waals surface area (Å²) in [7, 11) is 1.58. The summed E-state index contributed by atoms with van der Waals surface area (Å²) in [6, 6.07) is 8.17. The smallest absolute Gasteiger partial charge is 0.384 e. The zero-order valence-electron chi connectivity index (χ0n) is 12.5. The van der Waals surface area contributed by atoms with Gasteiger partial charge in [-0.15, -0.1) is 6.42 Å². The van der Waals surface area contributed by atoms with Gasteiger partial charge < -0.3 is 9.47 Å². The van der Waals surface area contributed by atoms with E-state index in [2.05, 4.69) is 18.7 Å². The minimum Gasteiger partial charge on any atom is -0.449 e. The number of methoxy groups -OCH3 is 1. The first-order valence-corrected chi connectivity index (χ1v) is 6.96. The van der Waals surface area contributed by atoms with E-state index in [9.17, 15) is 4.79 Å². The van der Waals surface area contributed by atoms with Crippen LogP contribution in [0.1, 0.15) is 24.5 Å². The average molecular weight is 284 g/mol. The Bertz CT molecular complexity index is 597. The van der Waals surface area contributed by atoms with Crippen molar-refractivity contribution < 1.29 is 14.3 Å². The molecule has 2 rings (SSSR count). The molecule has 0 bridgehead atoms. The van der Waals surface area contributed by atoms with Gasteiger partial charge in [-0.1, -0.05) is 36.4 Å². The third-order valence-electron chi connectivity index (χ3n) is 4.34. The van der Waals surface area contributed by atoms with E-state index in [0.717, 1.165) is 24.0 Å². The van der Waals surface area contributed by atoms with Gasteiger partial charge in [0.25, 0.3) is 0 Å². The number of carbonyl (C=O) groups excluding carboxylic acids is 1. The van der Waals surface area contributed by atoms with E-state index in [1.807, 2.05) is 25.0 Å². The Labute approximate surface area is 126 Å². The van der Waals surface area contributed by atoms with Crippen LogP contribution in [0.4, 0.5) is 0 Å². The molecule has 0 unspecified atom stereocenters. The monoisotopic (exact) mass is 284 g/mol. The summed E-state index contributed by atoms with van der Waals surface area (Å²) < 4.78 is 10.7. The third-order valence-corrected chi connectivity index (χ3v) is 4.34. The van der Waals surface area contributed by atoms with Crippen molar-refractivity contribution >= 4 is 5.97 Å². The molecular weight excluding hydrogens is 264 g/mol. The second-order valence-electron chi connectivity index (χ2n) is 5.46. The standard InChI is InChI=1S/C18H20O3/c1-5-17(19)21-16(12-20-4)18(3)13(2)10-11-14-8-6-7-9-15(14)18/h1,6-9,16H,2,10-12H2,3-4H3/t16-,18+/m1/s1. The van der Waals surface area contributed by atoms with E-state index in [-0.39, 0.29) is 6.61 Å². The molecule has 1 aromatic carbocycles. The molecule has 2 atom stereocenters. The van der Waals surface area contributed by atoms with Crippen molar-refractivity contribution in [1.29, 1.82) is 0 Å². The zero-order valence-corrected chi connectivity index (χ0v) is 12.5.